The molecule has 0 bridgehead atoms. The summed E-state index contributed by atoms with van der Waals surface area (Å²) >= 11 is 6.73. The molecule has 174 valence electrons. The average molecular weight is 492 g/mol. The summed E-state index contributed by atoms with van der Waals surface area (Å²) < 4.78 is 13.2. The van der Waals surface area contributed by atoms with E-state index in [0.29, 0.717) is 29.0 Å². The quantitative estimate of drug-likeness (QED) is 0.231. The molecule has 2 aromatic carbocycles. The van der Waals surface area contributed by atoms with Gasteiger partial charge in [-0.1, -0.05) is 54.8 Å². The number of carbonyl (C=O) groups is 1. The Morgan fingerprint density at radius 1 is 1.21 bits per heavy atom. The van der Waals surface area contributed by atoms with Crippen molar-refractivity contribution in [2.24, 2.45) is 0 Å². The number of rotatable bonds is 9. The van der Waals surface area contributed by atoms with Crippen molar-refractivity contribution < 1.29 is 14.3 Å². The lowest BCUT2D eigenvalue weighted by Crippen LogP contribution is -2.31. The van der Waals surface area contributed by atoms with Crippen LogP contribution in [0, 0.1) is 6.92 Å². The number of para-hydroxylation sites is 1. The third-order valence-electron chi connectivity index (χ3n) is 5.25. The highest BCUT2D eigenvalue weighted by molar-refractivity contribution is 8.26. The number of methoxy groups -OCH3 is 1. The van der Waals surface area contributed by atoms with Crippen LogP contribution in [0.1, 0.15) is 11.1 Å². The molecular weight excluding hydrogens is 466 g/mol. The number of benzene rings is 2. The first-order valence-corrected chi connectivity index (χ1v) is 12.0. The molecule has 0 spiro atoms. The number of nitrogens with zero attached hydrogens (tertiary/aromatic N) is 3. The van der Waals surface area contributed by atoms with Gasteiger partial charge in [-0.25, -0.2) is 4.68 Å². The zero-order valence-corrected chi connectivity index (χ0v) is 20.7. The van der Waals surface area contributed by atoms with E-state index in [1.54, 1.807) is 18.1 Å². The minimum Gasteiger partial charge on any atom is -0.489 e. The second kappa shape index (κ2) is 10.8. The lowest BCUT2D eigenvalue weighted by molar-refractivity contribution is -0.122. The lowest BCUT2D eigenvalue weighted by Gasteiger charge is -2.12. The normalized spacial score (nSPS) is 14.8. The van der Waals surface area contributed by atoms with E-state index in [9.17, 15) is 4.79 Å². The molecule has 2 heterocycles. The Hall–Kier alpha value is -3.20. The van der Waals surface area contributed by atoms with Gasteiger partial charge in [-0.2, -0.15) is 5.10 Å². The Bertz CT molecular complexity index is 1250. The van der Waals surface area contributed by atoms with E-state index in [2.05, 4.69) is 6.58 Å². The number of aryl methyl sites for hydroxylation is 1. The zero-order valence-electron chi connectivity index (χ0n) is 19.1. The molecule has 1 aromatic heterocycles. The molecule has 8 heteroatoms. The maximum Gasteiger partial charge on any atom is 0.266 e. The molecule has 0 atom stereocenters. The van der Waals surface area contributed by atoms with Gasteiger partial charge < -0.3 is 9.47 Å². The van der Waals surface area contributed by atoms with Gasteiger partial charge in [0.25, 0.3) is 5.91 Å². The van der Waals surface area contributed by atoms with Crippen LogP contribution in [0.2, 0.25) is 0 Å². The summed E-state index contributed by atoms with van der Waals surface area (Å²) in [6, 6.07) is 15.8. The van der Waals surface area contributed by atoms with Crippen LogP contribution in [0.15, 0.2) is 72.3 Å². The number of amides is 1. The first-order valence-electron chi connectivity index (χ1n) is 10.8. The largest absolute Gasteiger partial charge is 0.489 e. The number of hydrogen-bond donors (Lipinski definition) is 0. The SMILES string of the molecule is C=CCOc1ccc(-c2nn(-c3ccccc3)cc2C=C2SC(=S)N(CCOC)C2=O)cc1C. The molecule has 0 aliphatic carbocycles. The van der Waals surface area contributed by atoms with Gasteiger partial charge in [-0.15, -0.1) is 0 Å². The molecule has 1 amide bonds. The van der Waals surface area contributed by atoms with E-state index in [1.807, 2.05) is 72.4 Å². The van der Waals surface area contributed by atoms with Gasteiger partial charge in [0.2, 0.25) is 0 Å². The van der Waals surface area contributed by atoms with E-state index in [4.69, 9.17) is 26.8 Å². The van der Waals surface area contributed by atoms with Crippen molar-refractivity contribution in [3.63, 3.8) is 0 Å². The van der Waals surface area contributed by atoms with Crippen LogP contribution < -0.4 is 4.74 Å². The van der Waals surface area contributed by atoms with Crippen LogP contribution in [0.5, 0.6) is 5.75 Å². The molecule has 1 fully saturated rings. The second-order valence-corrected chi connectivity index (χ2v) is 9.30. The Kier molecular flexibility index (Phi) is 7.62. The molecular formula is C26H25N3O3S2. The molecule has 0 unspecified atom stereocenters. The first kappa shape index (κ1) is 23.9. The van der Waals surface area contributed by atoms with Crippen LogP contribution in [0.4, 0.5) is 0 Å². The number of hydrogen-bond acceptors (Lipinski definition) is 6. The van der Waals surface area contributed by atoms with Gasteiger partial charge in [0.15, 0.2) is 0 Å². The van der Waals surface area contributed by atoms with Crippen molar-refractivity contribution >= 4 is 40.3 Å². The van der Waals surface area contributed by atoms with Gasteiger partial charge in [-0.05, 0) is 48.9 Å². The zero-order chi connectivity index (χ0) is 24.1. The van der Waals surface area contributed by atoms with E-state index in [0.717, 1.165) is 33.8 Å². The maximum atomic E-state index is 13.0. The topological polar surface area (TPSA) is 56.6 Å². The Balaban J connectivity index is 1.75. The van der Waals surface area contributed by atoms with Crippen LogP contribution >= 0.6 is 24.0 Å². The molecule has 1 aliphatic rings. The minimum atomic E-state index is -0.116. The van der Waals surface area contributed by atoms with Crippen LogP contribution in [0.3, 0.4) is 0 Å². The summed E-state index contributed by atoms with van der Waals surface area (Å²) in [6.07, 6.45) is 5.52. The van der Waals surface area contributed by atoms with Gasteiger partial charge in [0, 0.05) is 24.4 Å². The molecule has 34 heavy (non-hydrogen) atoms. The van der Waals surface area contributed by atoms with Gasteiger partial charge in [0.1, 0.15) is 22.4 Å². The minimum absolute atomic E-state index is 0.116. The highest BCUT2D eigenvalue weighted by Crippen LogP contribution is 2.35. The average Bonchev–Trinajstić information content (AvgIpc) is 3.38. The number of thioether (sulfide) groups is 1. The second-order valence-electron chi connectivity index (χ2n) is 7.62. The molecule has 6 nitrogen and oxygen atoms in total. The summed E-state index contributed by atoms with van der Waals surface area (Å²) in [5, 5.41) is 4.87. The molecule has 0 radical (unpaired) electrons. The van der Waals surface area contributed by atoms with E-state index in [-0.39, 0.29) is 5.91 Å². The van der Waals surface area contributed by atoms with Crippen molar-refractivity contribution in [3.8, 4) is 22.7 Å². The molecule has 3 aromatic rings. The third-order valence-corrected chi connectivity index (χ3v) is 6.63. The van der Waals surface area contributed by atoms with Gasteiger partial charge in [0.05, 0.1) is 23.7 Å². The van der Waals surface area contributed by atoms with Crippen LogP contribution in [-0.2, 0) is 9.53 Å². The fourth-order valence-corrected chi connectivity index (χ4v) is 4.85. The number of carbonyl (C=O) groups excluding carboxylic acids is 1. The first-order chi connectivity index (χ1) is 16.5. The molecule has 1 aliphatic heterocycles. The van der Waals surface area contributed by atoms with Gasteiger partial charge >= 0.3 is 0 Å². The lowest BCUT2D eigenvalue weighted by atomic mass is 10.0. The van der Waals surface area contributed by atoms with E-state index >= 15 is 0 Å². The van der Waals surface area contributed by atoms with Crippen molar-refractivity contribution in [1.29, 1.82) is 0 Å². The number of thiocarbonyl (C=S) groups is 1. The van der Waals surface area contributed by atoms with Crippen molar-refractivity contribution in [1.82, 2.24) is 14.7 Å². The Labute approximate surface area is 208 Å². The molecule has 0 N–H and O–H groups in total. The van der Waals surface area contributed by atoms with Gasteiger partial charge in [-0.3, -0.25) is 9.69 Å². The van der Waals surface area contributed by atoms with E-state index < -0.39 is 0 Å². The van der Waals surface area contributed by atoms with Crippen molar-refractivity contribution in [2.45, 2.75) is 6.92 Å². The summed E-state index contributed by atoms with van der Waals surface area (Å²) in [5.74, 6) is 0.682. The smallest absolute Gasteiger partial charge is 0.266 e. The summed E-state index contributed by atoms with van der Waals surface area (Å²) in [5.41, 5.74) is 4.45. The Morgan fingerprint density at radius 2 is 2.00 bits per heavy atom. The van der Waals surface area contributed by atoms with Crippen molar-refractivity contribution in [2.75, 3.05) is 26.9 Å². The molecule has 0 saturated carbocycles. The van der Waals surface area contributed by atoms with Crippen LogP contribution in [-0.4, -0.2) is 51.8 Å². The van der Waals surface area contributed by atoms with Crippen LogP contribution in [0.25, 0.3) is 23.0 Å². The summed E-state index contributed by atoms with van der Waals surface area (Å²) in [6.45, 7) is 7.00. The van der Waals surface area contributed by atoms with Crippen molar-refractivity contribution in [3.05, 3.63) is 83.4 Å². The number of aromatic nitrogens is 2. The highest BCUT2D eigenvalue weighted by atomic mass is 32.2. The summed E-state index contributed by atoms with van der Waals surface area (Å²) in [4.78, 5) is 15.1. The predicted molar refractivity (Wildman–Crippen MR) is 141 cm³/mol. The predicted octanol–water partition coefficient (Wildman–Crippen LogP) is 5.26. The summed E-state index contributed by atoms with van der Waals surface area (Å²) in [7, 11) is 1.60. The fourth-order valence-electron chi connectivity index (χ4n) is 3.55. The maximum absolute atomic E-state index is 13.0. The standard InChI is InChI=1S/C26H25N3O3S2/c1-4-13-32-22-11-10-19(15-18(22)2)24-20(17-29(27-24)21-8-6-5-7-9-21)16-23-25(30)28(12-14-31-3)26(33)34-23/h4-11,15-17H,1,12-14H2,2-3H3. The third kappa shape index (κ3) is 5.14. The highest BCUT2D eigenvalue weighted by Gasteiger charge is 2.32. The Morgan fingerprint density at radius 3 is 2.71 bits per heavy atom. The number of ether oxygens (including phenoxy) is 2. The fraction of sp³-hybridized carbons (Fsp3) is 0.192. The molecule has 1 saturated heterocycles. The monoisotopic (exact) mass is 491 g/mol. The molecule has 4 rings (SSSR count). The van der Waals surface area contributed by atoms with E-state index in [1.165, 1.54) is 11.8 Å².